The van der Waals surface area contributed by atoms with Gasteiger partial charge in [-0.3, -0.25) is 9.69 Å². The summed E-state index contributed by atoms with van der Waals surface area (Å²) in [5.41, 5.74) is 1.02. The van der Waals surface area contributed by atoms with Crippen molar-refractivity contribution in [2.75, 3.05) is 59.7 Å². The number of aliphatic hydroxyl groups excluding tert-OH is 1. The standard InChI is InChI=1S/C17H27N3O5/c1-12-15(11-23-2)16(18-25-12)17(22)20-8-13(14(9-20)10-21)7-19-3-5-24-6-4-19/h13-14,21H,3-11H2,1-2H3/t13-,14-/m1/s1. The fourth-order valence-electron chi connectivity index (χ4n) is 3.66. The lowest BCUT2D eigenvalue weighted by atomic mass is 9.96. The molecular formula is C17H27N3O5. The summed E-state index contributed by atoms with van der Waals surface area (Å²) >= 11 is 0. The lowest BCUT2D eigenvalue weighted by Crippen LogP contribution is -2.41. The summed E-state index contributed by atoms with van der Waals surface area (Å²) in [5, 5.41) is 13.7. The second-order valence-corrected chi connectivity index (χ2v) is 6.82. The van der Waals surface area contributed by atoms with E-state index >= 15 is 0 Å². The Morgan fingerprint density at radius 1 is 1.32 bits per heavy atom. The molecule has 2 aliphatic rings. The summed E-state index contributed by atoms with van der Waals surface area (Å²) in [6.07, 6.45) is 0. The van der Waals surface area contributed by atoms with Crippen LogP contribution in [0.15, 0.2) is 4.52 Å². The number of amides is 1. The molecule has 0 aromatic carbocycles. The van der Waals surface area contributed by atoms with Crippen molar-refractivity contribution in [3.05, 3.63) is 17.0 Å². The quantitative estimate of drug-likeness (QED) is 0.778. The molecule has 8 nitrogen and oxygen atoms in total. The largest absolute Gasteiger partial charge is 0.396 e. The van der Waals surface area contributed by atoms with E-state index in [1.165, 1.54) is 0 Å². The van der Waals surface area contributed by atoms with Crippen LogP contribution < -0.4 is 0 Å². The first kappa shape index (κ1) is 18.3. The molecule has 1 N–H and O–H groups in total. The Morgan fingerprint density at radius 3 is 2.72 bits per heavy atom. The number of rotatable bonds is 6. The first-order valence-electron chi connectivity index (χ1n) is 8.78. The lowest BCUT2D eigenvalue weighted by molar-refractivity contribution is 0.0264. The number of nitrogens with zero attached hydrogens (tertiary/aromatic N) is 3. The highest BCUT2D eigenvalue weighted by Gasteiger charge is 2.38. The van der Waals surface area contributed by atoms with E-state index < -0.39 is 0 Å². The van der Waals surface area contributed by atoms with Gasteiger partial charge in [-0.05, 0) is 12.8 Å². The van der Waals surface area contributed by atoms with E-state index in [1.54, 1.807) is 18.9 Å². The Labute approximate surface area is 147 Å². The van der Waals surface area contributed by atoms with E-state index in [0.29, 0.717) is 36.7 Å². The molecule has 0 aliphatic carbocycles. The van der Waals surface area contributed by atoms with Gasteiger partial charge in [0.2, 0.25) is 0 Å². The van der Waals surface area contributed by atoms with Gasteiger partial charge in [0.05, 0.1) is 25.4 Å². The number of likely N-dealkylation sites (tertiary alicyclic amines) is 1. The summed E-state index contributed by atoms with van der Waals surface area (Å²) < 4.78 is 15.7. The Kier molecular flexibility index (Phi) is 6.06. The smallest absolute Gasteiger partial charge is 0.276 e. The molecular weight excluding hydrogens is 326 g/mol. The Hall–Kier alpha value is -1.48. The van der Waals surface area contributed by atoms with Gasteiger partial charge in [0, 0.05) is 52.4 Å². The minimum atomic E-state index is -0.146. The van der Waals surface area contributed by atoms with Gasteiger partial charge in [-0.1, -0.05) is 5.16 Å². The molecule has 3 heterocycles. The molecule has 0 unspecified atom stereocenters. The normalized spacial score (nSPS) is 24.8. The topological polar surface area (TPSA) is 88.3 Å². The maximum absolute atomic E-state index is 12.9. The highest BCUT2D eigenvalue weighted by molar-refractivity contribution is 5.94. The Bertz CT molecular complexity index is 585. The van der Waals surface area contributed by atoms with Crippen LogP contribution in [0.1, 0.15) is 21.8 Å². The molecule has 25 heavy (non-hydrogen) atoms. The van der Waals surface area contributed by atoms with Gasteiger partial charge in [-0.2, -0.15) is 0 Å². The molecule has 1 aromatic heterocycles. The summed E-state index contributed by atoms with van der Waals surface area (Å²) in [6.45, 7) is 7.51. The number of methoxy groups -OCH3 is 1. The zero-order valence-electron chi connectivity index (χ0n) is 14.9. The van der Waals surface area contributed by atoms with E-state index in [-0.39, 0.29) is 24.3 Å². The fraction of sp³-hybridized carbons (Fsp3) is 0.765. The molecule has 2 aliphatic heterocycles. The number of aliphatic hydroxyl groups is 1. The van der Waals surface area contributed by atoms with Gasteiger partial charge in [0.15, 0.2) is 5.69 Å². The average Bonchev–Trinajstić information content (AvgIpc) is 3.20. The van der Waals surface area contributed by atoms with E-state index in [1.807, 2.05) is 0 Å². The van der Waals surface area contributed by atoms with Gasteiger partial charge in [-0.25, -0.2) is 0 Å². The average molecular weight is 353 g/mol. The number of hydrogen-bond donors (Lipinski definition) is 1. The van der Waals surface area contributed by atoms with Crippen molar-refractivity contribution in [3.63, 3.8) is 0 Å². The maximum atomic E-state index is 12.9. The highest BCUT2D eigenvalue weighted by atomic mass is 16.5. The number of carbonyl (C=O) groups is 1. The maximum Gasteiger partial charge on any atom is 0.276 e. The van der Waals surface area contributed by atoms with Crippen molar-refractivity contribution in [1.29, 1.82) is 0 Å². The molecule has 0 bridgehead atoms. The number of morpholine rings is 1. The van der Waals surface area contributed by atoms with Gasteiger partial charge in [0.25, 0.3) is 5.91 Å². The van der Waals surface area contributed by atoms with Crippen molar-refractivity contribution in [2.24, 2.45) is 11.8 Å². The second kappa shape index (κ2) is 8.27. The number of carbonyl (C=O) groups excluding carboxylic acids is 1. The SMILES string of the molecule is COCc1c(C(=O)N2C[C@@H](CN3CCOCC3)[C@@H](CO)C2)noc1C. The first-order valence-corrected chi connectivity index (χ1v) is 8.78. The van der Waals surface area contributed by atoms with Crippen LogP contribution in [0.2, 0.25) is 0 Å². The second-order valence-electron chi connectivity index (χ2n) is 6.82. The molecule has 0 radical (unpaired) electrons. The molecule has 2 atom stereocenters. The third kappa shape index (κ3) is 4.03. The van der Waals surface area contributed by atoms with E-state index in [2.05, 4.69) is 10.1 Å². The van der Waals surface area contributed by atoms with Crippen LogP contribution in [-0.2, 0) is 16.1 Å². The molecule has 140 valence electrons. The Balaban J connectivity index is 1.67. The summed E-state index contributed by atoms with van der Waals surface area (Å²) in [4.78, 5) is 17.0. The van der Waals surface area contributed by atoms with Gasteiger partial charge >= 0.3 is 0 Å². The van der Waals surface area contributed by atoms with Crippen LogP contribution >= 0.6 is 0 Å². The van der Waals surface area contributed by atoms with Crippen molar-refractivity contribution in [1.82, 2.24) is 15.0 Å². The lowest BCUT2D eigenvalue weighted by Gasteiger charge is -2.30. The number of ether oxygens (including phenoxy) is 2. The van der Waals surface area contributed by atoms with E-state index in [4.69, 9.17) is 14.0 Å². The fourth-order valence-corrected chi connectivity index (χ4v) is 3.66. The number of hydrogen-bond acceptors (Lipinski definition) is 7. The first-order chi connectivity index (χ1) is 12.1. The van der Waals surface area contributed by atoms with Crippen LogP contribution in [0, 0.1) is 18.8 Å². The molecule has 1 amide bonds. The molecule has 0 spiro atoms. The van der Waals surface area contributed by atoms with Gasteiger partial charge in [-0.15, -0.1) is 0 Å². The van der Waals surface area contributed by atoms with Crippen LogP contribution in [0.3, 0.4) is 0 Å². The molecule has 8 heteroatoms. The van der Waals surface area contributed by atoms with Crippen LogP contribution in [-0.4, -0.2) is 85.6 Å². The number of aromatic nitrogens is 1. The van der Waals surface area contributed by atoms with Crippen LogP contribution in [0.4, 0.5) is 0 Å². The summed E-state index contributed by atoms with van der Waals surface area (Å²) in [5.74, 6) is 0.802. The zero-order valence-corrected chi connectivity index (χ0v) is 14.9. The van der Waals surface area contributed by atoms with Crippen LogP contribution in [0.25, 0.3) is 0 Å². The predicted molar refractivity (Wildman–Crippen MR) is 89.2 cm³/mol. The molecule has 1 aromatic rings. The van der Waals surface area contributed by atoms with Crippen molar-refractivity contribution in [2.45, 2.75) is 13.5 Å². The summed E-state index contributed by atoms with van der Waals surface area (Å²) in [6, 6.07) is 0. The molecule has 2 fully saturated rings. The predicted octanol–water partition coefficient (Wildman–Crippen LogP) is 0.142. The third-order valence-corrected chi connectivity index (χ3v) is 5.17. The zero-order chi connectivity index (χ0) is 17.8. The molecule has 2 saturated heterocycles. The minimum absolute atomic E-state index is 0.0849. The molecule has 0 saturated carbocycles. The number of aryl methyl sites for hydroxylation is 1. The van der Waals surface area contributed by atoms with E-state index in [9.17, 15) is 9.90 Å². The van der Waals surface area contributed by atoms with Crippen LogP contribution in [0.5, 0.6) is 0 Å². The summed E-state index contributed by atoms with van der Waals surface area (Å²) in [7, 11) is 1.58. The monoisotopic (exact) mass is 353 g/mol. The van der Waals surface area contributed by atoms with Crippen molar-refractivity contribution >= 4 is 5.91 Å². The molecule has 3 rings (SSSR count). The van der Waals surface area contributed by atoms with Crippen molar-refractivity contribution < 1.29 is 23.9 Å². The van der Waals surface area contributed by atoms with Crippen molar-refractivity contribution in [3.8, 4) is 0 Å². The third-order valence-electron chi connectivity index (χ3n) is 5.17. The van der Waals surface area contributed by atoms with Gasteiger partial charge in [0.1, 0.15) is 5.76 Å². The minimum Gasteiger partial charge on any atom is -0.396 e. The highest BCUT2D eigenvalue weighted by Crippen LogP contribution is 2.27. The van der Waals surface area contributed by atoms with Gasteiger partial charge < -0.3 is 24.0 Å². The van der Waals surface area contributed by atoms with E-state index in [0.717, 1.165) is 32.8 Å². The Morgan fingerprint density at radius 2 is 2.04 bits per heavy atom.